The number of amides is 3. The van der Waals surface area contributed by atoms with Crippen LogP contribution in [0.1, 0.15) is 28.4 Å². The van der Waals surface area contributed by atoms with E-state index in [0.717, 1.165) is 20.1 Å². The molecular weight excluding hydrogens is 636 g/mol. The van der Waals surface area contributed by atoms with Gasteiger partial charge in [0, 0.05) is 70.4 Å². The van der Waals surface area contributed by atoms with E-state index < -0.39 is 5.54 Å². The maximum Gasteiger partial charge on any atom is 0.256 e. The standard InChI is InChI=1S/C28H25Br2ClN4O3/c1-17(36)34-9-11-35(12-10-34)26(37)22-7-5-19(29)14-24(22)33-28(16-18-3-2-4-21(31)13-18)23-8-6-20(30)15-25(23)32-27(28)38/h2-8,13-15,33H,9-12,16H2,1H3,(H,32,38). The van der Waals surface area contributed by atoms with Crippen LogP contribution < -0.4 is 10.6 Å². The fourth-order valence-corrected chi connectivity index (χ4v) is 6.01. The molecule has 1 saturated heterocycles. The Kier molecular flexibility index (Phi) is 7.53. The van der Waals surface area contributed by atoms with Crippen molar-refractivity contribution in [3.8, 4) is 0 Å². The van der Waals surface area contributed by atoms with Crippen molar-refractivity contribution in [2.75, 3.05) is 36.8 Å². The summed E-state index contributed by atoms with van der Waals surface area (Å²) in [6.07, 6.45) is 0.311. The third-order valence-corrected chi connectivity index (χ3v) is 8.23. The molecule has 2 N–H and O–H groups in total. The molecule has 3 amide bonds. The fraction of sp³-hybridized carbons (Fsp3) is 0.250. The SMILES string of the molecule is CC(=O)N1CCN(C(=O)c2ccc(Br)cc2NC2(Cc3cccc(Cl)c3)C(=O)Nc3cc(Br)ccc32)CC1. The molecule has 0 saturated carbocycles. The van der Waals surface area contributed by atoms with Crippen LogP contribution >= 0.6 is 43.5 Å². The molecule has 3 aromatic rings. The molecule has 1 fully saturated rings. The van der Waals surface area contributed by atoms with Crippen LogP contribution in [0.5, 0.6) is 0 Å². The third kappa shape index (κ3) is 5.19. The van der Waals surface area contributed by atoms with E-state index in [2.05, 4.69) is 42.5 Å². The summed E-state index contributed by atoms with van der Waals surface area (Å²) in [4.78, 5) is 42.7. The van der Waals surface area contributed by atoms with Crippen molar-refractivity contribution < 1.29 is 14.4 Å². The number of hydrogen-bond acceptors (Lipinski definition) is 4. The predicted octanol–water partition coefficient (Wildman–Crippen LogP) is 5.67. The van der Waals surface area contributed by atoms with Gasteiger partial charge in [0.15, 0.2) is 0 Å². The maximum atomic E-state index is 13.8. The summed E-state index contributed by atoms with van der Waals surface area (Å²) in [6, 6.07) is 18.5. The van der Waals surface area contributed by atoms with Gasteiger partial charge in [-0.05, 0) is 48.0 Å². The molecule has 0 bridgehead atoms. The fourth-order valence-electron chi connectivity index (χ4n) is 5.07. The van der Waals surface area contributed by atoms with Crippen molar-refractivity contribution in [3.05, 3.63) is 91.3 Å². The Labute approximate surface area is 242 Å². The number of halogens is 3. The van der Waals surface area contributed by atoms with Crippen LogP contribution in [0.3, 0.4) is 0 Å². The zero-order valence-corrected chi connectivity index (χ0v) is 24.5. The second-order valence-corrected chi connectivity index (χ2v) is 11.7. The molecule has 3 aromatic carbocycles. The first-order chi connectivity index (χ1) is 18.2. The van der Waals surface area contributed by atoms with Crippen LogP contribution in [0.25, 0.3) is 0 Å². The Morgan fingerprint density at radius 1 is 0.974 bits per heavy atom. The largest absolute Gasteiger partial charge is 0.367 e. The Morgan fingerprint density at radius 3 is 2.37 bits per heavy atom. The Morgan fingerprint density at radius 2 is 1.66 bits per heavy atom. The first-order valence-electron chi connectivity index (χ1n) is 12.1. The molecule has 0 aromatic heterocycles. The zero-order chi connectivity index (χ0) is 27.0. The number of piperazine rings is 1. The molecule has 7 nitrogen and oxygen atoms in total. The van der Waals surface area contributed by atoms with Gasteiger partial charge in [0.1, 0.15) is 5.54 Å². The normalized spacial score (nSPS) is 18.7. The monoisotopic (exact) mass is 658 g/mol. The Hall–Kier alpha value is -2.88. The molecule has 1 atom stereocenters. The molecule has 0 spiro atoms. The van der Waals surface area contributed by atoms with E-state index in [1.165, 1.54) is 6.92 Å². The van der Waals surface area contributed by atoms with Crippen molar-refractivity contribution in [1.29, 1.82) is 0 Å². The van der Waals surface area contributed by atoms with Crippen LogP contribution in [-0.2, 0) is 21.5 Å². The number of nitrogens with zero attached hydrogens (tertiary/aromatic N) is 2. The van der Waals surface area contributed by atoms with Gasteiger partial charge in [-0.15, -0.1) is 0 Å². The summed E-state index contributed by atoms with van der Waals surface area (Å²) in [5, 5.41) is 7.09. The van der Waals surface area contributed by atoms with Crippen LogP contribution in [0, 0.1) is 0 Å². The van der Waals surface area contributed by atoms with Crippen LogP contribution in [0.2, 0.25) is 5.02 Å². The predicted molar refractivity (Wildman–Crippen MR) is 156 cm³/mol. The molecule has 0 aliphatic carbocycles. The van der Waals surface area contributed by atoms with Crippen molar-refractivity contribution in [2.45, 2.75) is 18.9 Å². The molecule has 1 unspecified atom stereocenters. The smallest absolute Gasteiger partial charge is 0.256 e. The number of fused-ring (bicyclic) bond motifs is 1. The molecular formula is C28H25Br2ClN4O3. The highest BCUT2D eigenvalue weighted by molar-refractivity contribution is 9.10. The molecule has 5 rings (SSSR count). The lowest BCUT2D eigenvalue weighted by atomic mass is 9.84. The molecule has 2 aliphatic heterocycles. The van der Waals surface area contributed by atoms with Gasteiger partial charge in [-0.25, -0.2) is 0 Å². The van der Waals surface area contributed by atoms with Gasteiger partial charge in [0.2, 0.25) is 5.91 Å². The Balaban J connectivity index is 1.55. The molecule has 38 heavy (non-hydrogen) atoms. The Bertz CT molecular complexity index is 1440. The quantitative estimate of drug-likeness (QED) is 0.370. The number of benzene rings is 3. The number of nitrogens with one attached hydrogen (secondary N) is 2. The van der Waals surface area contributed by atoms with Gasteiger partial charge in [-0.3, -0.25) is 14.4 Å². The van der Waals surface area contributed by atoms with Crippen LogP contribution in [0.15, 0.2) is 69.6 Å². The number of carbonyl (C=O) groups excluding carboxylic acids is 3. The van der Waals surface area contributed by atoms with Gasteiger partial charge >= 0.3 is 0 Å². The number of anilines is 2. The third-order valence-electron chi connectivity index (χ3n) is 7.01. The minimum atomic E-state index is -1.19. The van der Waals surface area contributed by atoms with E-state index in [1.54, 1.807) is 21.9 Å². The average Bonchev–Trinajstić information content (AvgIpc) is 3.13. The van der Waals surface area contributed by atoms with E-state index >= 15 is 0 Å². The van der Waals surface area contributed by atoms with E-state index in [-0.39, 0.29) is 17.7 Å². The summed E-state index contributed by atoms with van der Waals surface area (Å²) >= 11 is 13.3. The lowest BCUT2D eigenvalue weighted by molar-refractivity contribution is -0.130. The van der Waals surface area contributed by atoms with Gasteiger partial charge in [-0.2, -0.15) is 0 Å². The molecule has 2 heterocycles. The highest BCUT2D eigenvalue weighted by Crippen LogP contribution is 2.43. The maximum absolute atomic E-state index is 13.8. The second-order valence-electron chi connectivity index (χ2n) is 9.47. The van der Waals surface area contributed by atoms with Crippen molar-refractivity contribution in [1.82, 2.24) is 9.80 Å². The summed E-state index contributed by atoms with van der Waals surface area (Å²) in [7, 11) is 0. The lowest BCUT2D eigenvalue weighted by Gasteiger charge is -2.35. The van der Waals surface area contributed by atoms with E-state index in [0.29, 0.717) is 54.6 Å². The average molecular weight is 661 g/mol. The van der Waals surface area contributed by atoms with E-state index in [9.17, 15) is 14.4 Å². The summed E-state index contributed by atoms with van der Waals surface area (Å²) < 4.78 is 1.61. The topological polar surface area (TPSA) is 81.8 Å². The van der Waals surface area contributed by atoms with Crippen molar-refractivity contribution in [3.63, 3.8) is 0 Å². The van der Waals surface area contributed by atoms with Crippen LogP contribution in [0.4, 0.5) is 11.4 Å². The zero-order valence-electron chi connectivity index (χ0n) is 20.6. The van der Waals surface area contributed by atoms with E-state index in [4.69, 9.17) is 11.6 Å². The second kappa shape index (κ2) is 10.7. The molecule has 196 valence electrons. The highest BCUT2D eigenvalue weighted by Gasteiger charge is 2.47. The molecule has 10 heteroatoms. The van der Waals surface area contributed by atoms with Gasteiger partial charge in [0.05, 0.1) is 5.56 Å². The van der Waals surface area contributed by atoms with Crippen molar-refractivity contribution >= 4 is 72.6 Å². The van der Waals surface area contributed by atoms with Gasteiger partial charge in [0.25, 0.3) is 11.8 Å². The lowest BCUT2D eigenvalue weighted by Crippen LogP contribution is -2.50. The van der Waals surface area contributed by atoms with Crippen LogP contribution in [-0.4, -0.2) is 53.7 Å². The summed E-state index contributed by atoms with van der Waals surface area (Å²) in [6.45, 7) is 3.40. The first kappa shape index (κ1) is 26.7. The number of hydrogen-bond donors (Lipinski definition) is 2. The highest BCUT2D eigenvalue weighted by atomic mass is 79.9. The summed E-state index contributed by atoms with van der Waals surface area (Å²) in [5.74, 6) is -0.377. The molecule has 0 radical (unpaired) electrons. The van der Waals surface area contributed by atoms with E-state index in [1.807, 2.05) is 48.5 Å². The summed E-state index contributed by atoms with van der Waals surface area (Å²) in [5.41, 5.74) is 2.14. The first-order valence-corrected chi connectivity index (χ1v) is 14.1. The number of carbonyl (C=O) groups is 3. The van der Waals surface area contributed by atoms with Crippen molar-refractivity contribution in [2.24, 2.45) is 0 Å². The molecule has 2 aliphatic rings. The number of rotatable bonds is 5. The minimum absolute atomic E-state index is 0.00333. The minimum Gasteiger partial charge on any atom is -0.367 e. The van der Waals surface area contributed by atoms with Gasteiger partial charge < -0.3 is 20.4 Å². The van der Waals surface area contributed by atoms with Gasteiger partial charge in [-0.1, -0.05) is 61.7 Å².